The lowest BCUT2D eigenvalue weighted by Crippen LogP contribution is -2.39. The van der Waals surface area contributed by atoms with Gasteiger partial charge < -0.3 is 20.2 Å². The third-order valence-electron chi connectivity index (χ3n) is 4.49. The molecule has 1 amide bonds. The maximum atomic E-state index is 12.4. The van der Waals surface area contributed by atoms with Crippen molar-refractivity contribution in [3.05, 3.63) is 59.5 Å². The summed E-state index contributed by atoms with van der Waals surface area (Å²) < 4.78 is 5.43. The Morgan fingerprint density at radius 1 is 1.21 bits per heavy atom. The number of piperidine rings is 1. The molecule has 1 fully saturated rings. The second kappa shape index (κ2) is 8.33. The number of carbonyl (C=O) groups is 1. The molecule has 1 aliphatic heterocycles. The van der Waals surface area contributed by atoms with Gasteiger partial charge in [-0.1, -0.05) is 30.3 Å². The zero-order valence-electron chi connectivity index (χ0n) is 13.4. The molecule has 3 N–H and O–H groups in total. The molecule has 0 bridgehead atoms. The largest absolute Gasteiger partial charge is 0.455 e. The van der Waals surface area contributed by atoms with E-state index in [1.807, 2.05) is 30.3 Å². The minimum absolute atomic E-state index is 0. The Bertz CT molecular complexity index is 651. The summed E-state index contributed by atoms with van der Waals surface area (Å²) in [4.78, 5) is 14.2. The lowest BCUT2D eigenvalue weighted by molar-refractivity contribution is 0.0441. The van der Waals surface area contributed by atoms with E-state index in [4.69, 9.17) is 10.2 Å². The SMILES string of the molecule is Cl.NCc1ccc(C(=O)N2CCC(C(O)c3ccccc3)CC2)o1. The average molecular weight is 351 g/mol. The Morgan fingerprint density at radius 2 is 1.88 bits per heavy atom. The summed E-state index contributed by atoms with van der Waals surface area (Å²) in [6, 6.07) is 13.1. The van der Waals surface area contributed by atoms with Gasteiger partial charge in [-0.05, 0) is 36.5 Å². The molecule has 1 atom stereocenters. The number of rotatable bonds is 4. The number of aliphatic hydroxyl groups is 1. The molecule has 1 aliphatic rings. The fourth-order valence-electron chi connectivity index (χ4n) is 3.10. The van der Waals surface area contributed by atoms with Crippen molar-refractivity contribution in [1.29, 1.82) is 0 Å². The number of hydrogen-bond acceptors (Lipinski definition) is 4. The number of carbonyl (C=O) groups excluding carboxylic acids is 1. The summed E-state index contributed by atoms with van der Waals surface area (Å²) in [5.41, 5.74) is 6.44. The number of benzene rings is 1. The fraction of sp³-hybridized carbons (Fsp3) is 0.389. The van der Waals surface area contributed by atoms with E-state index in [9.17, 15) is 9.90 Å². The molecule has 0 aliphatic carbocycles. The van der Waals surface area contributed by atoms with Crippen LogP contribution in [0.5, 0.6) is 0 Å². The summed E-state index contributed by atoms with van der Waals surface area (Å²) >= 11 is 0. The van der Waals surface area contributed by atoms with E-state index in [1.54, 1.807) is 17.0 Å². The summed E-state index contributed by atoms with van der Waals surface area (Å²) in [5, 5.41) is 10.5. The van der Waals surface area contributed by atoms with E-state index in [0.29, 0.717) is 31.2 Å². The molecule has 0 spiro atoms. The van der Waals surface area contributed by atoms with Gasteiger partial charge in [-0.2, -0.15) is 0 Å². The van der Waals surface area contributed by atoms with Gasteiger partial charge in [-0.15, -0.1) is 12.4 Å². The van der Waals surface area contributed by atoms with Crippen molar-refractivity contribution < 1.29 is 14.3 Å². The van der Waals surface area contributed by atoms with Gasteiger partial charge in [0.05, 0.1) is 12.6 Å². The maximum Gasteiger partial charge on any atom is 0.289 e. The van der Waals surface area contributed by atoms with Crippen molar-refractivity contribution in [3.8, 4) is 0 Å². The highest BCUT2D eigenvalue weighted by molar-refractivity contribution is 5.91. The van der Waals surface area contributed by atoms with Crippen molar-refractivity contribution in [1.82, 2.24) is 4.90 Å². The van der Waals surface area contributed by atoms with Crippen LogP contribution in [0.1, 0.15) is 40.8 Å². The third-order valence-corrected chi connectivity index (χ3v) is 4.49. The van der Waals surface area contributed by atoms with E-state index in [0.717, 1.165) is 18.4 Å². The topological polar surface area (TPSA) is 79.7 Å². The number of halogens is 1. The predicted molar refractivity (Wildman–Crippen MR) is 93.9 cm³/mol. The molecule has 6 heteroatoms. The molecule has 2 heterocycles. The number of amides is 1. The minimum Gasteiger partial charge on any atom is -0.455 e. The molecule has 130 valence electrons. The van der Waals surface area contributed by atoms with Crippen LogP contribution < -0.4 is 5.73 Å². The number of likely N-dealkylation sites (tertiary alicyclic amines) is 1. The van der Waals surface area contributed by atoms with Gasteiger partial charge >= 0.3 is 0 Å². The number of aliphatic hydroxyl groups excluding tert-OH is 1. The van der Waals surface area contributed by atoms with Crippen molar-refractivity contribution in [2.45, 2.75) is 25.5 Å². The first-order chi connectivity index (χ1) is 11.2. The lowest BCUT2D eigenvalue weighted by Gasteiger charge is -2.34. The first-order valence-corrected chi connectivity index (χ1v) is 8.00. The molecule has 24 heavy (non-hydrogen) atoms. The highest BCUT2D eigenvalue weighted by atomic mass is 35.5. The average Bonchev–Trinajstić information content (AvgIpc) is 3.10. The quantitative estimate of drug-likeness (QED) is 0.888. The minimum atomic E-state index is -0.471. The van der Waals surface area contributed by atoms with Crippen molar-refractivity contribution >= 4 is 18.3 Å². The lowest BCUT2D eigenvalue weighted by atomic mass is 9.87. The highest BCUT2D eigenvalue weighted by Crippen LogP contribution is 2.31. The van der Waals surface area contributed by atoms with Crippen LogP contribution in [-0.4, -0.2) is 29.0 Å². The molecule has 1 saturated heterocycles. The van der Waals surface area contributed by atoms with Crippen LogP contribution in [0.4, 0.5) is 0 Å². The van der Waals surface area contributed by atoms with Crippen LogP contribution in [0.2, 0.25) is 0 Å². The maximum absolute atomic E-state index is 12.4. The molecule has 1 unspecified atom stereocenters. The van der Waals surface area contributed by atoms with Crippen LogP contribution in [0, 0.1) is 5.92 Å². The first-order valence-electron chi connectivity index (χ1n) is 8.00. The van der Waals surface area contributed by atoms with Crippen molar-refractivity contribution in [3.63, 3.8) is 0 Å². The molecule has 0 radical (unpaired) electrons. The molecule has 1 aromatic carbocycles. The van der Waals surface area contributed by atoms with Crippen molar-refractivity contribution in [2.24, 2.45) is 11.7 Å². The van der Waals surface area contributed by atoms with Gasteiger partial charge in [0.15, 0.2) is 5.76 Å². The summed E-state index contributed by atoms with van der Waals surface area (Å²) in [6.45, 7) is 1.55. The van der Waals surface area contributed by atoms with Crippen LogP contribution in [0.3, 0.4) is 0 Å². The second-order valence-electron chi connectivity index (χ2n) is 5.96. The van der Waals surface area contributed by atoms with Gasteiger partial charge in [0.1, 0.15) is 5.76 Å². The number of hydrogen-bond donors (Lipinski definition) is 2. The normalized spacial score (nSPS) is 16.5. The number of nitrogens with zero attached hydrogens (tertiary/aromatic N) is 1. The second-order valence-corrected chi connectivity index (χ2v) is 5.96. The number of furan rings is 1. The first kappa shape index (κ1) is 18.5. The Labute approximate surface area is 147 Å². The molecule has 2 aromatic rings. The van der Waals surface area contributed by atoms with E-state index in [-0.39, 0.29) is 24.2 Å². The van der Waals surface area contributed by atoms with Crippen LogP contribution in [0.15, 0.2) is 46.9 Å². The smallest absolute Gasteiger partial charge is 0.289 e. The Morgan fingerprint density at radius 3 is 2.46 bits per heavy atom. The molecule has 5 nitrogen and oxygen atoms in total. The van der Waals surface area contributed by atoms with E-state index in [1.165, 1.54) is 0 Å². The molecule has 0 saturated carbocycles. The Hall–Kier alpha value is -1.82. The van der Waals surface area contributed by atoms with Crippen LogP contribution >= 0.6 is 12.4 Å². The predicted octanol–water partition coefficient (Wildman–Crippen LogP) is 2.75. The zero-order valence-corrected chi connectivity index (χ0v) is 14.2. The third kappa shape index (κ3) is 3.98. The number of nitrogens with two attached hydrogens (primary N) is 1. The molecular formula is C18H23ClN2O3. The standard InChI is InChI=1S/C18H22N2O3.ClH/c19-12-15-6-7-16(23-15)18(22)20-10-8-14(9-11-20)17(21)13-4-2-1-3-5-13;/h1-7,14,17,21H,8-12,19H2;1H. The van der Waals surface area contributed by atoms with Gasteiger partial charge in [-0.3, -0.25) is 4.79 Å². The molecule has 3 rings (SSSR count). The zero-order chi connectivity index (χ0) is 16.2. The molecular weight excluding hydrogens is 328 g/mol. The van der Waals surface area contributed by atoms with Crippen LogP contribution in [-0.2, 0) is 6.54 Å². The van der Waals surface area contributed by atoms with Gasteiger partial charge in [0.2, 0.25) is 0 Å². The monoisotopic (exact) mass is 350 g/mol. The van der Waals surface area contributed by atoms with Gasteiger partial charge in [0.25, 0.3) is 5.91 Å². The fourth-order valence-corrected chi connectivity index (χ4v) is 3.10. The van der Waals surface area contributed by atoms with Gasteiger partial charge in [-0.25, -0.2) is 0 Å². The summed E-state index contributed by atoms with van der Waals surface area (Å²) in [5.74, 6) is 1.03. The highest BCUT2D eigenvalue weighted by Gasteiger charge is 2.29. The van der Waals surface area contributed by atoms with Gasteiger partial charge in [0, 0.05) is 13.1 Å². The van der Waals surface area contributed by atoms with E-state index >= 15 is 0 Å². The van der Waals surface area contributed by atoms with E-state index in [2.05, 4.69) is 0 Å². The van der Waals surface area contributed by atoms with Crippen molar-refractivity contribution in [2.75, 3.05) is 13.1 Å². The Kier molecular flexibility index (Phi) is 6.43. The summed E-state index contributed by atoms with van der Waals surface area (Å²) in [7, 11) is 0. The van der Waals surface area contributed by atoms with Crippen LogP contribution in [0.25, 0.3) is 0 Å². The Balaban J connectivity index is 0.00000208. The summed E-state index contributed by atoms with van der Waals surface area (Å²) in [6.07, 6.45) is 1.10. The van der Waals surface area contributed by atoms with E-state index < -0.39 is 6.10 Å². The molecule has 1 aromatic heterocycles.